The van der Waals surface area contributed by atoms with E-state index in [2.05, 4.69) is 10.1 Å². The van der Waals surface area contributed by atoms with Gasteiger partial charge in [0, 0.05) is 0 Å². The Balaban J connectivity index is 2.26. The highest BCUT2D eigenvalue weighted by Crippen LogP contribution is 2.22. The van der Waals surface area contributed by atoms with Crippen molar-refractivity contribution in [2.75, 3.05) is 0 Å². The summed E-state index contributed by atoms with van der Waals surface area (Å²) in [5.41, 5.74) is 10.5. The van der Waals surface area contributed by atoms with Gasteiger partial charge < -0.3 is 15.6 Å². The van der Waals surface area contributed by atoms with E-state index in [-0.39, 0.29) is 0 Å². The van der Waals surface area contributed by atoms with E-state index in [9.17, 15) is 9.59 Å². The second-order valence-electron chi connectivity index (χ2n) is 6.71. The van der Waals surface area contributed by atoms with Gasteiger partial charge in [-0.1, -0.05) is 54.6 Å². The Bertz CT molecular complexity index is 818. The van der Waals surface area contributed by atoms with E-state index >= 15 is 0 Å². The minimum atomic E-state index is -1.01. The number of benzene rings is 2. The van der Waals surface area contributed by atoms with Crippen LogP contribution in [0.25, 0.3) is 16.7 Å². The van der Waals surface area contributed by atoms with Gasteiger partial charge in [0.1, 0.15) is 11.6 Å². The maximum atomic E-state index is 12.2. The van der Waals surface area contributed by atoms with Crippen LogP contribution in [0, 0.1) is 0 Å². The molecule has 6 nitrogen and oxygen atoms in total. The number of rotatable bonds is 5. The lowest BCUT2D eigenvalue weighted by Crippen LogP contribution is -2.38. The van der Waals surface area contributed by atoms with Gasteiger partial charge in [0.25, 0.3) is 5.78 Å². The summed E-state index contributed by atoms with van der Waals surface area (Å²) in [4.78, 5) is 27.0. The van der Waals surface area contributed by atoms with Crippen molar-refractivity contribution in [2.45, 2.75) is 32.4 Å². The zero-order chi connectivity index (χ0) is 19.2. The molecule has 0 aliphatic carbocycles. The van der Waals surface area contributed by atoms with Crippen molar-refractivity contribution in [3.63, 3.8) is 0 Å². The van der Waals surface area contributed by atoms with Crippen LogP contribution in [0.4, 0.5) is 4.79 Å². The van der Waals surface area contributed by atoms with Gasteiger partial charge in [0.15, 0.2) is 0 Å². The summed E-state index contributed by atoms with van der Waals surface area (Å²) in [5.74, 6) is -0.564. The maximum Gasteiger partial charge on any atom is 0.408 e. The maximum absolute atomic E-state index is 12.2. The molecule has 0 saturated heterocycles. The fourth-order valence-electron chi connectivity index (χ4n) is 2.37. The Morgan fingerprint density at radius 1 is 1.04 bits per heavy atom. The van der Waals surface area contributed by atoms with Crippen LogP contribution in [0.1, 0.15) is 32.4 Å². The first kappa shape index (κ1) is 19.1. The van der Waals surface area contributed by atoms with Crippen LogP contribution in [0.15, 0.2) is 54.6 Å². The van der Waals surface area contributed by atoms with Gasteiger partial charge in [-0.15, -0.1) is 0 Å². The highest BCUT2D eigenvalue weighted by Gasteiger charge is 2.26. The van der Waals surface area contributed by atoms with E-state index in [1.165, 1.54) is 0 Å². The second-order valence-corrected chi connectivity index (χ2v) is 6.71. The number of nitrogens with one attached hydrogen (secondary N) is 1. The fourth-order valence-corrected chi connectivity index (χ4v) is 2.37. The number of nitrogens with zero attached hydrogens (tertiary/aromatic N) is 2. The summed E-state index contributed by atoms with van der Waals surface area (Å²) in [5, 5.41) is 2.52. The lowest BCUT2D eigenvalue weighted by Gasteiger charge is -2.22. The molecule has 0 aliphatic rings. The number of ketones is 1. The third-order valence-corrected chi connectivity index (χ3v) is 3.48. The fraction of sp³-hybridized carbons (Fsp3) is 0.250. The van der Waals surface area contributed by atoms with Crippen molar-refractivity contribution in [3.05, 3.63) is 65.7 Å². The largest absolute Gasteiger partial charge is 0.444 e. The minimum absolute atomic E-state index is 0.556. The number of carbonyl (C=O) groups excluding carboxylic acids is 2. The van der Waals surface area contributed by atoms with E-state index < -0.39 is 23.5 Å². The van der Waals surface area contributed by atoms with Gasteiger partial charge in [-0.3, -0.25) is 4.79 Å². The third kappa shape index (κ3) is 5.40. The highest BCUT2D eigenvalue weighted by molar-refractivity contribution is 6.28. The molecule has 1 N–H and O–H groups in total. The molecule has 6 heteroatoms. The normalized spacial score (nSPS) is 11.8. The molecule has 2 aromatic rings. The number of amides is 1. The molecule has 26 heavy (non-hydrogen) atoms. The van der Waals surface area contributed by atoms with Gasteiger partial charge in [0.05, 0.1) is 0 Å². The molecule has 0 aromatic heterocycles. The smallest absolute Gasteiger partial charge is 0.408 e. The number of alkyl carbamates (subject to hydrolysis) is 1. The van der Waals surface area contributed by atoms with Crippen molar-refractivity contribution >= 4 is 18.1 Å². The first-order chi connectivity index (χ1) is 12.3. The van der Waals surface area contributed by atoms with Crippen LogP contribution >= 0.6 is 0 Å². The monoisotopic (exact) mass is 351 g/mol. The number of carbonyl (C=O) groups is 2. The van der Waals surface area contributed by atoms with Gasteiger partial charge in [0.2, 0.25) is 0 Å². The molecule has 0 heterocycles. The van der Waals surface area contributed by atoms with Crippen LogP contribution in [0.3, 0.4) is 0 Å². The topological polar surface area (TPSA) is 91.8 Å². The molecule has 2 aromatic carbocycles. The Labute approximate surface area is 152 Å². The summed E-state index contributed by atoms with van der Waals surface area (Å²) in [6.45, 7) is 5.19. The molecule has 0 bridgehead atoms. The average molecular weight is 351 g/mol. The number of hydrogen-bond acceptors (Lipinski definition) is 3. The molecule has 0 radical (unpaired) electrons. The van der Waals surface area contributed by atoms with Gasteiger partial charge >= 0.3 is 12.3 Å². The molecule has 2 rings (SSSR count). The van der Waals surface area contributed by atoms with E-state index in [4.69, 9.17) is 10.3 Å². The first-order valence-corrected chi connectivity index (χ1v) is 8.16. The lowest BCUT2D eigenvalue weighted by molar-refractivity contribution is -0.118. The summed E-state index contributed by atoms with van der Waals surface area (Å²) in [7, 11) is 0. The first-order valence-electron chi connectivity index (χ1n) is 8.16. The third-order valence-electron chi connectivity index (χ3n) is 3.48. The van der Waals surface area contributed by atoms with Crippen molar-refractivity contribution in [1.82, 2.24) is 5.32 Å². The van der Waals surface area contributed by atoms with Gasteiger partial charge in [-0.2, -0.15) is 4.79 Å². The van der Waals surface area contributed by atoms with Crippen molar-refractivity contribution in [3.8, 4) is 11.1 Å². The van der Waals surface area contributed by atoms with Gasteiger partial charge in [-0.25, -0.2) is 4.79 Å². The van der Waals surface area contributed by atoms with E-state index in [1.807, 2.05) is 42.5 Å². The quantitative estimate of drug-likeness (QED) is 0.505. The SMILES string of the molecule is CC(C)(C)OC(=O)N[C@H](C(=O)C=[N+]=[N-])c1ccc(-c2ccccc2)cc1. The molecule has 0 unspecified atom stereocenters. The second kappa shape index (κ2) is 8.23. The molecule has 0 fully saturated rings. The molecule has 134 valence electrons. The predicted molar refractivity (Wildman–Crippen MR) is 98.7 cm³/mol. The van der Waals surface area contributed by atoms with Crippen LogP contribution in [-0.2, 0) is 9.53 Å². The lowest BCUT2D eigenvalue weighted by atomic mass is 9.99. The Kier molecular flexibility index (Phi) is 6.04. The minimum Gasteiger partial charge on any atom is -0.444 e. The standard InChI is InChI=1S/C20H21N3O3/c1-20(2,3)26-19(25)23-18(17(24)13-22-21)16-11-9-15(10-12-16)14-7-5-4-6-8-14/h4-13,18H,1-3H3,(H,23,25)/t18-/m0/s1. The number of ether oxygens (including phenoxy) is 1. The van der Waals surface area contributed by atoms with Crippen LogP contribution in [-0.4, -0.2) is 28.5 Å². The van der Waals surface area contributed by atoms with Gasteiger partial charge in [-0.05, 0) is 37.5 Å². The van der Waals surface area contributed by atoms with Crippen LogP contribution < -0.4 is 5.32 Å². The number of hydrogen-bond donors (Lipinski definition) is 1. The van der Waals surface area contributed by atoms with E-state index in [1.54, 1.807) is 32.9 Å². The average Bonchev–Trinajstić information content (AvgIpc) is 2.59. The van der Waals surface area contributed by atoms with E-state index in [0.29, 0.717) is 5.56 Å². The van der Waals surface area contributed by atoms with E-state index in [0.717, 1.165) is 17.3 Å². The summed E-state index contributed by atoms with van der Waals surface area (Å²) >= 11 is 0. The molecular weight excluding hydrogens is 330 g/mol. The molecule has 1 atom stereocenters. The molecule has 1 amide bonds. The summed E-state index contributed by atoms with van der Waals surface area (Å²) in [6.07, 6.45) is 0.0296. The van der Waals surface area contributed by atoms with Crippen molar-refractivity contribution < 1.29 is 19.1 Å². The van der Waals surface area contributed by atoms with Crippen molar-refractivity contribution in [2.24, 2.45) is 0 Å². The Morgan fingerprint density at radius 2 is 1.62 bits per heavy atom. The molecule has 0 saturated carbocycles. The molecule has 0 aliphatic heterocycles. The molecule has 0 spiro atoms. The zero-order valence-corrected chi connectivity index (χ0v) is 15.0. The Hall–Kier alpha value is -3.24. The highest BCUT2D eigenvalue weighted by atomic mass is 16.6. The van der Waals surface area contributed by atoms with Crippen LogP contribution in [0.5, 0.6) is 0 Å². The number of Topliss-reactive ketones (excluding diaryl/α,β-unsaturated/α-hetero) is 1. The predicted octanol–water partition coefficient (Wildman–Crippen LogP) is 3.79. The summed E-state index contributed by atoms with van der Waals surface area (Å²) in [6, 6.07) is 16.0. The Morgan fingerprint density at radius 3 is 2.15 bits per heavy atom. The zero-order valence-electron chi connectivity index (χ0n) is 15.0. The van der Waals surface area contributed by atoms with Crippen LogP contribution in [0.2, 0.25) is 0 Å². The molecular formula is C20H21N3O3. The summed E-state index contributed by atoms with van der Waals surface area (Å²) < 4.78 is 5.20. The van der Waals surface area contributed by atoms with Crippen molar-refractivity contribution in [1.29, 1.82) is 0 Å².